The van der Waals surface area contributed by atoms with Crippen LogP contribution >= 0.6 is 0 Å². The Bertz CT molecular complexity index is 506. The van der Waals surface area contributed by atoms with E-state index in [0.717, 1.165) is 23.5 Å². The lowest BCUT2D eigenvalue weighted by Crippen LogP contribution is -2.31. The van der Waals surface area contributed by atoms with E-state index in [1.165, 1.54) is 6.07 Å². The Balaban J connectivity index is 2.52. The highest BCUT2D eigenvalue weighted by Gasteiger charge is 2.24. The first-order valence-corrected chi connectivity index (χ1v) is 5.48. The molecule has 1 aliphatic rings. The first-order chi connectivity index (χ1) is 7.87. The molecule has 0 aromatic heterocycles. The van der Waals surface area contributed by atoms with Crippen molar-refractivity contribution >= 4 is 22.8 Å². The van der Waals surface area contributed by atoms with Crippen molar-refractivity contribution < 1.29 is 4.92 Å². The number of benzene rings is 1. The number of nitrogens with one attached hydrogen (secondary N) is 1. The summed E-state index contributed by atoms with van der Waals surface area (Å²) in [4.78, 5) is 14.8. The van der Waals surface area contributed by atoms with Gasteiger partial charge in [-0.3, -0.25) is 15.1 Å². The molecule has 1 aromatic carbocycles. The molecule has 0 atom stereocenters. The minimum atomic E-state index is -0.392. The molecule has 0 unspecified atom stereocenters. The van der Waals surface area contributed by atoms with Crippen LogP contribution in [0, 0.1) is 10.1 Å². The number of nitrogens with zero attached hydrogens (tertiary/aromatic N) is 2. The molecule has 0 aliphatic carbocycles. The molecule has 1 aliphatic heterocycles. The minimum absolute atomic E-state index is 0.0850. The lowest BCUT2D eigenvalue weighted by Gasteiger charge is -2.25. The van der Waals surface area contributed by atoms with E-state index in [0.29, 0.717) is 0 Å². The third-order valence-electron chi connectivity index (χ3n) is 2.67. The molecular weight excluding hydrogens is 218 g/mol. The van der Waals surface area contributed by atoms with Crippen LogP contribution in [0.2, 0.25) is 0 Å². The molecule has 90 valence electrons. The van der Waals surface area contributed by atoms with Crippen molar-refractivity contribution in [2.24, 2.45) is 4.99 Å². The zero-order valence-electron chi connectivity index (χ0n) is 10.2. The van der Waals surface area contributed by atoms with Crippen LogP contribution in [0.25, 0.3) is 0 Å². The molecule has 5 nitrogen and oxygen atoms in total. The molecule has 1 N–H and O–H groups in total. The molecule has 0 amide bonds. The SMILES string of the molecule is CC1=Nc2ccc([N+](=O)[O-])cc2NC(C)(C)C1. The second-order valence-corrected chi connectivity index (χ2v) is 4.99. The Morgan fingerprint density at radius 1 is 1.47 bits per heavy atom. The van der Waals surface area contributed by atoms with Gasteiger partial charge in [0.25, 0.3) is 5.69 Å². The molecule has 17 heavy (non-hydrogen) atoms. The first kappa shape index (κ1) is 11.6. The minimum Gasteiger partial charge on any atom is -0.378 e. The van der Waals surface area contributed by atoms with Crippen molar-refractivity contribution in [3.63, 3.8) is 0 Å². The summed E-state index contributed by atoms with van der Waals surface area (Å²) in [6.07, 6.45) is 0.815. The molecule has 5 heteroatoms. The maximum atomic E-state index is 10.7. The molecule has 0 saturated heterocycles. The summed E-state index contributed by atoms with van der Waals surface area (Å²) in [6, 6.07) is 4.71. The van der Waals surface area contributed by atoms with Gasteiger partial charge in [-0.15, -0.1) is 0 Å². The number of non-ortho nitro benzene ring substituents is 1. The Hall–Kier alpha value is -1.91. The maximum absolute atomic E-state index is 10.7. The Morgan fingerprint density at radius 3 is 2.82 bits per heavy atom. The van der Waals surface area contributed by atoms with Crippen LogP contribution in [0.15, 0.2) is 23.2 Å². The van der Waals surface area contributed by atoms with Crippen molar-refractivity contribution in [1.82, 2.24) is 0 Å². The summed E-state index contributed by atoms with van der Waals surface area (Å²) in [5.74, 6) is 0. The van der Waals surface area contributed by atoms with E-state index >= 15 is 0 Å². The van der Waals surface area contributed by atoms with Crippen molar-refractivity contribution in [3.05, 3.63) is 28.3 Å². The van der Waals surface area contributed by atoms with Crippen molar-refractivity contribution in [2.45, 2.75) is 32.7 Å². The molecule has 0 fully saturated rings. The smallest absolute Gasteiger partial charge is 0.271 e. The summed E-state index contributed by atoms with van der Waals surface area (Å²) in [5, 5.41) is 14.0. The largest absolute Gasteiger partial charge is 0.378 e. The van der Waals surface area contributed by atoms with Gasteiger partial charge < -0.3 is 5.32 Å². The highest BCUT2D eigenvalue weighted by Crippen LogP contribution is 2.35. The molecule has 1 aromatic rings. The number of fused-ring (bicyclic) bond motifs is 1. The van der Waals surface area contributed by atoms with Gasteiger partial charge in [0.1, 0.15) is 0 Å². The van der Waals surface area contributed by atoms with E-state index in [1.54, 1.807) is 12.1 Å². The monoisotopic (exact) mass is 233 g/mol. The van der Waals surface area contributed by atoms with E-state index in [9.17, 15) is 10.1 Å². The fourth-order valence-corrected chi connectivity index (χ4v) is 2.13. The van der Waals surface area contributed by atoms with E-state index in [-0.39, 0.29) is 11.2 Å². The Labute approximate surface area is 99.7 Å². The van der Waals surface area contributed by atoms with E-state index in [2.05, 4.69) is 24.2 Å². The van der Waals surface area contributed by atoms with Crippen LogP contribution < -0.4 is 5.32 Å². The number of hydrogen-bond donors (Lipinski definition) is 1. The third-order valence-corrected chi connectivity index (χ3v) is 2.67. The fraction of sp³-hybridized carbons (Fsp3) is 0.417. The van der Waals surface area contributed by atoms with E-state index < -0.39 is 4.92 Å². The van der Waals surface area contributed by atoms with Gasteiger partial charge in [-0.05, 0) is 26.8 Å². The van der Waals surface area contributed by atoms with Gasteiger partial charge in [0.2, 0.25) is 0 Å². The number of anilines is 1. The number of rotatable bonds is 1. The average Bonchev–Trinajstić information content (AvgIpc) is 2.29. The maximum Gasteiger partial charge on any atom is 0.271 e. The zero-order valence-corrected chi connectivity index (χ0v) is 10.2. The van der Waals surface area contributed by atoms with Crippen molar-refractivity contribution in [1.29, 1.82) is 0 Å². The second kappa shape index (κ2) is 3.84. The first-order valence-electron chi connectivity index (χ1n) is 5.48. The van der Waals surface area contributed by atoms with Crippen molar-refractivity contribution in [3.8, 4) is 0 Å². The zero-order chi connectivity index (χ0) is 12.6. The van der Waals surface area contributed by atoms with Crippen LogP contribution in [0.5, 0.6) is 0 Å². The number of hydrogen-bond acceptors (Lipinski definition) is 4. The summed E-state index contributed by atoms with van der Waals surface area (Å²) in [6.45, 7) is 6.08. The predicted octanol–water partition coefficient (Wildman–Crippen LogP) is 3.28. The van der Waals surface area contributed by atoms with Crippen LogP contribution in [0.1, 0.15) is 27.2 Å². The topological polar surface area (TPSA) is 67.5 Å². The van der Waals surface area contributed by atoms with Crippen molar-refractivity contribution in [2.75, 3.05) is 5.32 Å². The van der Waals surface area contributed by atoms with Crippen LogP contribution in [0.3, 0.4) is 0 Å². The van der Waals surface area contributed by atoms with Gasteiger partial charge in [0, 0.05) is 29.8 Å². The van der Waals surface area contributed by atoms with Gasteiger partial charge in [-0.1, -0.05) is 0 Å². The molecular formula is C12H15N3O2. The van der Waals surface area contributed by atoms with E-state index in [1.807, 2.05) is 6.92 Å². The van der Waals surface area contributed by atoms with Gasteiger partial charge in [-0.2, -0.15) is 0 Å². The lowest BCUT2D eigenvalue weighted by molar-refractivity contribution is -0.384. The summed E-state index contributed by atoms with van der Waals surface area (Å²) < 4.78 is 0. The van der Waals surface area contributed by atoms with E-state index in [4.69, 9.17) is 0 Å². The van der Waals surface area contributed by atoms with Crippen LogP contribution in [-0.4, -0.2) is 16.2 Å². The lowest BCUT2D eigenvalue weighted by atomic mass is 9.98. The quantitative estimate of drug-likeness (QED) is 0.597. The summed E-state index contributed by atoms with van der Waals surface area (Å²) in [5.41, 5.74) is 2.45. The highest BCUT2D eigenvalue weighted by atomic mass is 16.6. The summed E-state index contributed by atoms with van der Waals surface area (Å²) >= 11 is 0. The second-order valence-electron chi connectivity index (χ2n) is 4.99. The number of aliphatic imine (C=N–C) groups is 1. The molecule has 0 bridgehead atoms. The average molecular weight is 233 g/mol. The standard InChI is InChI=1S/C12H15N3O2/c1-8-7-12(2,3)14-11-6-9(15(16)17)4-5-10(11)13-8/h4-6,14H,7H2,1-3H3. The number of nitro groups is 1. The molecule has 0 radical (unpaired) electrons. The Morgan fingerprint density at radius 2 is 2.18 bits per heavy atom. The highest BCUT2D eigenvalue weighted by molar-refractivity contribution is 5.90. The molecule has 1 heterocycles. The molecule has 2 rings (SSSR count). The Kier molecular flexibility index (Phi) is 2.61. The van der Waals surface area contributed by atoms with Gasteiger partial charge >= 0.3 is 0 Å². The normalized spacial score (nSPS) is 17.5. The number of nitro benzene ring substituents is 1. The van der Waals surface area contributed by atoms with Crippen LogP contribution in [0.4, 0.5) is 17.1 Å². The fourth-order valence-electron chi connectivity index (χ4n) is 2.13. The van der Waals surface area contributed by atoms with Gasteiger partial charge in [0.05, 0.1) is 16.3 Å². The molecule has 0 spiro atoms. The predicted molar refractivity (Wildman–Crippen MR) is 68.2 cm³/mol. The summed E-state index contributed by atoms with van der Waals surface area (Å²) in [7, 11) is 0. The van der Waals surface area contributed by atoms with Gasteiger partial charge in [0.15, 0.2) is 0 Å². The van der Waals surface area contributed by atoms with Gasteiger partial charge in [-0.25, -0.2) is 0 Å². The molecule has 0 saturated carbocycles. The third kappa shape index (κ3) is 2.43. The van der Waals surface area contributed by atoms with Crippen LogP contribution in [-0.2, 0) is 0 Å².